The van der Waals surface area contributed by atoms with Crippen molar-refractivity contribution in [1.29, 1.82) is 0 Å². The Morgan fingerprint density at radius 3 is 2.80 bits per heavy atom. The van der Waals surface area contributed by atoms with E-state index in [2.05, 4.69) is 15.1 Å². The SMILES string of the molecule is CCc1noc(COc2ccc(C)nc2CC(C)N)n1. The fourth-order valence-electron chi connectivity index (χ4n) is 1.81. The Morgan fingerprint density at radius 1 is 1.35 bits per heavy atom. The first-order valence-electron chi connectivity index (χ1n) is 6.74. The molecule has 0 aromatic carbocycles. The van der Waals surface area contributed by atoms with Crippen LogP contribution in [0.25, 0.3) is 0 Å². The van der Waals surface area contributed by atoms with Gasteiger partial charge in [0, 0.05) is 24.6 Å². The summed E-state index contributed by atoms with van der Waals surface area (Å²) in [6.45, 7) is 6.10. The van der Waals surface area contributed by atoms with Gasteiger partial charge in [0.05, 0.1) is 5.69 Å². The molecule has 1 unspecified atom stereocenters. The van der Waals surface area contributed by atoms with Crippen LogP contribution in [0.3, 0.4) is 0 Å². The van der Waals surface area contributed by atoms with Crippen molar-refractivity contribution in [3.8, 4) is 5.75 Å². The van der Waals surface area contributed by atoms with Crippen LogP contribution >= 0.6 is 0 Å². The highest BCUT2D eigenvalue weighted by Crippen LogP contribution is 2.19. The van der Waals surface area contributed by atoms with E-state index in [4.69, 9.17) is 15.0 Å². The number of hydrogen-bond donors (Lipinski definition) is 1. The van der Waals surface area contributed by atoms with E-state index in [-0.39, 0.29) is 12.6 Å². The van der Waals surface area contributed by atoms with Crippen molar-refractivity contribution in [2.24, 2.45) is 5.73 Å². The molecule has 1 atom stereocenters. The molecule has 6 nitrogen and oxygen atoms in total. The van der Waals surface area contributed by atoms with Crippen LogP contribution in [0.15, 0.2) is 16.7 Å². The van der Waals surface area contributed by atoms with Gasteiger partial charge in [0.25, 0.3) is 5.89 Å². The summed E-state index contributed by atoms with van der Waals surface area (Å²) in [5.74, 6) is 1.86. The monoisotopic (exact) mass is 276 g/mol. The number of pyridine rings is 1. The summed E-state index contributed by atoms with van der Waals surface area (Å²) in [5, 5.41) is 3.83. The van der Waals surface area contributed by atoms with Crippen molar-refractivity contribution in [1.82, 2.24) is 15.1 Å². The van der Waals surface area contributed by atoms with Gasteiger partial charge in [-0.3, -0.25) is 4.98 Å². The number of nitrogens with zero attached hydrogens (tertiary/aromatic N) is 3. The molecule has 2 aromatic rings. The van der Waals surface area contributed by atoms with Crippen molar-refractivity contribution >= 4 is 0 Å². The molecular formula is C14H20N4O2. The number of aryl methyl sites for hydroxylation is 2. The zero-order chi connectivity index (χ0) is 14.5. The van der Waals surface area contributed by atoms with E-state index in [0.29, 0.717) is 23.9 Å². The molecule has 0 radical (unpaired) electrons. The molecule has 20 heavy (non-hydrogen) atoms. The van der Waals surface area contributed by atoms with Gasteiger partial charge in [0.15, 0.2) is 12.4 Å². The van der Waals surface area contributed by atoms with E-state index >= 15 is 0 Å². The third kappa shape index (κ3) is 3.77. The standard InChI is InChI=1S/C14H20N4O2/c1-4-13-17-14(20-18-13)8-19-12-6-5-10(3)16-11(12)7-9(2)15/h5-6,9H,4,7-8,15H2,1-3H3. The Bertz CT molecular complexity index is 566. The van der Waals surface area contributed by atoms with Crippen LogP contribution in [0.4, 0.5) is 0 Å². The molecule has 0 amide bonds. The van der Waals surface area contributed by atoms with E-state index < -0.39 is 0 Å². The first kappa shape index (κ1) is 14.5. The molecule has 0 saturated heterocycles. The van der Waals surface area contributed by atoms with E-state index in [1.807, 2.05) is 32.9 Å². The first-order valence-corrected chi connectivity index (χ1v) is 6.74. The van der Waals surface area contributed by atoms with Crippen LogP contribution < -0.4 is 10.5 Å². The van der Waals surface area contributed by atoms with Gasteiger partial charge in [-0.15, -0.1) is 0 Å². The summed E-state index contributed by atoms with van der Waals surface area (Å²) >= 11 is 0. The molecule has 108 valence electrons. The quantitative estimate of drug-likeness (QED) is 0.865. The summed E-state index contributed by atoms with van der Waals surface area (Å²) < 4.78 is 10.8. The van der Waals surface area contributed by atoms with Crippen LogP contribution in [0.5, 0.6) is 5.75 Å². The molecule has 0 aliphatic rings. The number of ether oxygens (including phenoxy) is 1. The van der Waals surface area contributed by atoms with Crippen molar-refractivity contribution in [3.05, 3.63) is 35.2 Å². The largest absolute Gasteiger partial charge is 0.482 e. The minimum atomic E-state index is 0.0294. The molecule has 0 aliphatic heterocycles. The third-order valence-corrected chi connectivity index (χ3v) is 2.76. The Kier molecular flexibility index (Phi) is 4.68. The lowest BCUT2D eigenvalue weighted by molar-refractivity contribution is 0.239. The van der Waals surface area contributed by atoms with Gasteiger partial charge in [-0.1, -0.05) is 12.1 Å². The Balaban J connectivity index is 2.08. The van der Waals surface area contributed by atoms with E-state index in [1.54, 1.807) is 0 Å². The number of rotatable bonds is 6. The summed E-state index contributed by atoms with van der Waals surface area (Å²) in [4.78, 5) is 8.68. The summed E-state index contributed by atoms with van der Waals surface area (Å²) in [7, 11) is 0. The highest BCUT2D eigenvalue weighted by Gasteiger charge is 2.11. The van der Waals surface area contributed by atoms with Gasteiger partial charge >= 0.3 is 0 Å². The predicted octanol–water partition coefficient (Wildman–Crippen LogP) is 1.80. The highest BCUT2D eigenvalue weighted by atomic mass is 16.5. The van der Waals surface area contributed by atoms with E-state index in [0.717, 1.165) is 17.8 Å². The summed E-state index contributed by atoms with van der Waals surface area (Å²) in [6.07, 6.45) is 1.41. The predicted molar refractivity (Wildman–Crippen MR) is 74.3 cm³/mol. The second-order valence-corrected chi connectivity index (χ2v) is 4.83. The number of nitrogens with two attached hydrogens (primary N) is 1. The Labute approximate surface area is 118 Å². The van der Waals surface area contributed by atoms with Crippen molar-refractivity contribution in [2.75, 3.05) is 0 Å². The van der Waals surface area contributed by atoms with Gasteiger partial charge in [0.2, 0.25) is 0 Å². The van der Waals surface area contributed by atoms with E-state index in [9.17, 15) is 0 Å². The maximum absolute atomic E-state index is 5.84. The lowest BCUT2D eigenvalue weighted by Crippen LogP contribution is -2.19. The zero-order valence-electron chi connectivity index (χ0n) is 12.1. The maximum Gasteiger partial charge on any atom is 0.264 e. The molecule has 2 rings (SSSR count). The average molecular weight is 276 g/mol. The van der Waals surface area contributed by atoms with Gasteiger partial charge in [-0.05, 0) is 26.0 Å². The normalized spacial score (nSPS) is 12.4. The molecule has 2 aromatic heterocycles. The number of aromatic nitrogens is 3. The van der Waals surface area contributed by atoms with Crippen LogP contribution in [-0.4, -0.2) is 21.2 Å². The van der Waals surface area contributed by atoms with Gasteiger partial charge in [0.1, 0.15) is 5.75 Å². The molecule has 0 bridgehead atoms. The first-order chi connectivity index (χ1) is 9.58. The lowest BCUT2D eigenvalue weighted by Gasteiger charge is -2.11. The average Bonchev–Trinajstić information content (AvgIpc) is 2.85. The van der Waals surface area contributed by atoms with Crippen molar-refractivity contribution < 1.29 is 9.26 Å². The molecular weight excluding hydrogens is 256 g/mol. The van der Waals surface area contributed by atoms with E-state index in [1.165, 1.54) is 0 Å². The Morgan fingerprint density at radius 2 is 2.15 bits per heavy atom. The molecule has 0 fully saturated rings. The minimum absolute atomic E-state index is 0.0294. The topological polar surface area (TPSA) is 87.1 Å². The van der Waals surface area contributed by atoms with Crippen molar-refractivity contribution in [2.45, 2.75) is 46.3 Å². The highest BCUT2D eigenvalue weighted by molar-refractivity contribution is 5.30. The molecule has 0 spiro atoms. The lowest BCUT2D eigenvalue weighted by atomic mass is 10.1. The summed E-state index contributed by atoms with van der Waals surface area (Å²) in [5.41, 5.74) is 7.64. The second-order valence-electron chi connectivity index (χ2n) is 4.83. The summed E-state index contributed by atoms with van der Waals surface area (Å²) in [6, 6.07) is 3.84. The fourth-order valence-corrected chi connectivity index (χ4v) is 1.81. The fraction of sp³-hybridized carbons (Fsp3) is 0.500. The van der Waals surface area contributed by atoms with Gasteiger partial charge in [-0.2, -0.15) is 4.98 Å². The molecule has 0 aliphatic carbocycles. The third-order valence-electron chi connectivity index (χ3n) is 2.76. The number of hydrogen-bond acceptors (Lipinski definition) is 6. The second kappa shape index (κ2) is 6.47. The van der Waals surface area contributed by atoms with Crippen LogP contribution in [0.1, 0.15) is 37.0 Å². The molecule has 0 saturated carbocycles. The molecule has 2 heterocycles. The Hall–Kier alpha value is -1.95. The maximum atomic E-state index is 5.84. The minimum Gasteiger partial charge on any atom is -0.482 e. The van der Waals surface area contributed by atoms with Gasteiger partial charge < -0.3 is 15.0 Å². The molecule has 2 N–H and O–H groups in total. The van der Waals surface area contributed by atoms with Crippen molar-refractivity contribution in [3.63, 3.8) is 0 Å². The van der Waals surface area contributed by atoms with Gasteiger partial charge in [-0.25, -0.2) is 0 Å². The van der Waals surface area contributed by atoms with Crippen LogP contribution in [-0.2, 0) is 19.4 Å². The van der Waals surface area contributed by atoms with Crippen LogP contribution in [0, 0.1) is 6.92 Å². The smallest absolute Gasteiger partial charge is 0.264 e. The van der Waals surface area contributed by atoms with Crippen LogP contribution in [0.2, 0.25) is 0 Å². The molecule has 6 heteroatoms. The zero-order valence-corrected chi connectivity index (χ0v) is 12.1.